The molecule has 0 amide bonds. The Morgan fingerprint density at radius 2 is 1.61 bits per heavy atom. The summed E-state index contributed by atoms with van der Waals surface area (Å²) in [5.74, 6) is 0.766. The van der Waals surface area contributed by atoms with E-state index in [4.69, 9.17) is 4.52 Å². The summed E-state index contributed by atoms with van der Waals surface area (Å²) in [5.41, 5.74) is 4.70. The first kappa shape index (κ1) is 13.5. The molecule has 0 N–H and O–H groups in total. The molecular formula is C19H15N3O. The van der Waals surface area contributed by atoms with Crippen LogP contribution in [0.1, 0.15) is 5.76 Å². The fourth-order valence-electron chi connectivity index (χ4n) is 2.66. The lowest BCUT2D eigenvalue weighted by Gasteiger charge is -2.01. The molecule has 2 heterocycles. The van der Waals surface area contributed by atoms with Gasteiger partial charge in [0, 0.05) is 17.4 Å². The van der Waals surface area contributed by atoms with Crippen molar-refractivity contribution in [1.29, 1.82) is 0 Å². The van der Waals surface area contributed by atoms with Crippen LogP contribution >= 0.6 is 0 Å². The molecule has 0 aliphatic carbocycles. The molecule has 4 aromatic rings. The molecule has 2 aromatic carbocycles. The minimum absolute atomic E-state index is 0.766. The minimum atomic E-state index is 0.766. The summed E-state index contributed by atoms with van der Waals surface area (Å²) in [6, 6.07) is 20.1. The van der Waals surface area contributed by atoms with Gasteiger partial charge in [-0.2, -0.15) is 0 Å². The average molecular weight is 301 g/mol. The molecule has 4 nitrogen and oxygen atoms in total. The molecule has 0 saturated carbocycles. The zero-order valence-electron chi connectivity index (χ0n) is 12.7. The summed E-state index contributed by atoms with van der Waals surface area (Å²) in [5, 5.41) is 4.22. The molecule has 0 aliphatic heterocycles. The number of para-hydroxylation sites is 1. The number of rotatable bonds is 3. The molecule has 0 bridgehead atoms. The second-order valence-corrected chi connectivity index (χ2v) is 5.33. The predicted molar refractivity (Wildman–Crippen MR) is 89.2 cm³/mol. The van der Waals surface area contributed by atoms with Crippen molar-refractivity contribution in [2.24, 2.45) is 0 Å². The van der Waals surface area contributed by atoms with E-state index in [0.29, 0.717) is 0 Å². The molecule has 4 heteroatoms. The largest absolute Gasteiger partial charge is 0.360 e. The Morgan fingerprint density at radius 1 is 0.913 bits per heavy atom. The van der Waals surface area contributed by atoms with Crippen LogP contribution in [0.25, 0.3) is 28.2 Å². The normalized spacial score (nSPS) is 10.8. The third kappa shape index (κ3) is 2.44. The van der Waals surface area contributed by atoms with E-state index in [9.17, 15) is 0 Å². The average Bonchev–Trinajstić information content (AvgIpc) is 3.23. The fourth-order valence-corrected chi connectivity index (χ4v) is 2.66. The van der Waals surface area contributed by atoms with E-state index in [-0.39, 0.29) is 0 Å². The van der Waals surface area contributed by atoms with Crippen molar-refractivity contribution in [3.8, 4) is 28.2 Å². The van der Waals surface area contributed by atoms with Gasteiger partial charge in [-0.3, -0.25) is 0 Å². The first-order chi connectivity index (χ1) is 11.3. The van der Waals surface area contributed by atoms with Gasteiger partial charge >= 0.3 is 0 Å². The summed E-state index contributed by atoms with van der Waals surface area (Å²) in [7, 11) is 0. The van der Waals surface area contributed by atoms with Crippen molar-refractivity contribution < 1.29 is 4.52 Å². The van der Waals surface area contributed by atoms with Crippen molar-refractivity contribution in [3.63, 3.8) is 0 Å². The van der Waals surface area contributed by atoms with Crippen LogP contribution in [0.3, 0.4) is 0 Å². The third-order valence-corrected chi connectivity index (χ3v) is 3.80. The van der Waals surface area contributed by atoms with Gasteiger partial charge in [-0.1, -0.05) is 53.7 Å². The lowest BCUT2D eigenvalue weighted by atomic mass is 10.0. The smallest absolute Gasteiger partial charge is 0.143 e. The highest BCUT2D eigenvalue weighted by Gasteiger charge is 2.18. The van der Waals surface area contributed by atoms with Crippen LogP contribution in [0.15, 0.2) is 77.7 Å². The fraction of sp³-hybridized carbons (Fsp3) is 0.0526. The van der Waals surface area contributed by atoms with Gasteiger partial charge in [-0.15, -0.1) is 0 Å². The molecule has 0 spiro atoms. The second-order valence-electron chi connectivity index (χ2n) is 5.33. The summed E-state index contributed by atoms with van der Waals surface area (Å²) in [6.45, 7) is 1.91. The van der Waals surface area contributed by atoms with Gasteiger partial charge in [0.05, 0.1) is 17.6 Å². The Balaban J connectivity index is 1.81. The Hall–Kier alpha value is -3.14. The molecule has 0 unspecified atom stereocenters. The van der Waals surface area contributed by atoms with Crippen molar-refractivity contribution in [2.45, 2.75) is 6.92 Å². The van der Waals surface area contributed by atoms with Crippen LogP contribution < -0.4 is 0 Å². The summed E-state index contributed by atoms with van der Waals surface area (Å²) in [6.07, 6.45) is 3.81. The summed E-state index contributed by atoms with van der Waals surface area (Å²) < 4.78 is 7.42. The lowest BCUT2D eigenvalue weighted by Crippen LogP contribution is -1.88. The van der Waals surface area contributed by atoms with E-state index in [0.717, 1.165) is 34.0 Å². The number of aromatic nitrogens is 3. The summed E-state index contributed by atoms with van der Waals surface area (Å²) >= 11 is 0. The molecule has 112 valence electrons. The Morgan fingerprint density at radius 3 is 2.35 bits per heavy atom. The Kier molecular flexibility index (Phi) is 3.27. The number of hydrogen-bond donors (Lipinski definition) is 0. The van der Waals surface area contributed by atoms with Crippen molar-refractivity contribution in [1.82, 2.24) is 14.7 Å². The van der Waals surface area contributed by atoms with Gasteiger partial charge in [0.1, 0.15) is 11.5 Å². The van der Waals surface area contributed by atoms with E-state index < -0.39 is 0 Å². The molecule has 0 saturated heterocycles. The molecule has 2 aromatic heterocycles. The van der Waals surface area contributed by atoms with E-state index in [1.54, 1.807) is 0 Å². The van der Waals surface area contributed by atoms with Crippen LogP contribution in [0, 0.1) is 6.92 Å². The van der Waals surface area contributed by atoms with Crippen molar-refractivity contribution in [3.05, 3.63) is 78.9 Å². The van der Waals surface area contributed by atoms with Crippen LogP contribution in [-0.4, -0.2) is 14.7 Å². The number of hydrogen-bond acceptors (Lipinski definition) is 3. The number of nitrogens with zero attached hydrogens (tertiary/aromatic N) is 3. The quantitative estimate of drug-likeness (QED) is 0.559. The number of aryl methyl sites for hydroxylation is 1. The van der Waals surface area contributed by atoms with Gasteiger partial charge in [0.2, 0.25) is 0 Å². The summed E-state index contributed by atoms with van der Waals surface area (Å²) in [4.78, 5) is 4.54. The second kappa shape index (κ2) is 5.57. The zero-order chi connectivity index (χ0) is 15.6. The zero-order valence-corrected chi connectivity index (χ0v) is 12.7. The molecule has 0 radical (unpaired) electrons. The highest BCUT2D eigenvalue weighted by molar-refractivity contribution is 5.79. The van der Waals surface area contributed by atoms with Crippen LogP contribution in [0.5, 0.6) is 0 Å². The van der Waals surface area contributed by atoms with Gasteiger partial charge in [0.15, 0.2) is 0 Å². The van der Waals surface area contributed by atoms with Gasteiger partial charge in [-0.05, 0) is 19.1 Å². The molecule has 23 heavy (non-hydrogen) atoms. The first-order valence-corrected chi connectivity index (χ1v) is 7.44. The van der Waals surface area contributed by atoms with Crippen LogP contribution in [-0.2, 0) is 0 Å². The van der Waals surface area contributed by atoms with Gasteiger partial charge < -0.3 is 9.09 Å². The van der Waals surface area contributed by atoms with Gasteiger partial charge in [-0.25, -0.2) is 4.98 Å². The molecule has 0 aliphatic rings. The Labute approximate surface area is 134 Å². The lowest BCUT2D eigenvalue weighted by molar-refractivity contribution is 0.400. The van der Waals surface area contributed by atoms with E-state index in [1.165, 1.54) is 0 Å². The SMILES string of the molecule is Cc1onc(-c2ccccc2)c1-c1cn(-c2ccccc2)cn1. The maximum absolute atomic E-state index is 5.42. The van der Waals surface area contributed by atoms with Crippen molar-refractivity contribution >= 4 is 0 Å². The van der Waals surface area contributed by atoms with E-state index in [2.05, 4.69) is 10.1 Å². The molecular weight excluding hydrogens is 286 g/mol. The number of benzene rings is 2. The van der Waals surface area contributed by atoms with Crippen molar-refractivity contribution in [2.75, 3.05) is 0 Å². The van der Waals surface area contributed by atoms with Crippen LogP contribution in [0.2, 0.25) is 0 Å². The predicted octanol–water partition coefficient (Wildman–Crippen LogP) is 4.50. The highest BCUT2D eigenvalue weighted by atomic mass is 16.5. The monoisotopic (exact) mass is 301 g/mol. The first-order valence-electron chi connectivity index (χ1n) is 7.44. The minimum Gasteiger partial charge on any atom is -0.360 e. The Bertz CT molecular complexity index is 924. The number of imidazole rings is 1. The molecule has 4 rings (SSSR count). The topological polar surface area (TPSA) is 43.9 Å². The molecule has 0 atom stereocenters. The highest BCUT2D eigenvalue weighted by Crippen LogP contribution is 2.33. The molecule has 0 fully saturated rings. The standard InChI is InChI=1S/C19H15N3O/c1-14-18(19(21-23-14)15-8-4-2-5-9-15)17-12-22(13-20-17)16-10-6-3-7-11-16/h2-13H,1H3. The maximum Gasteiger partial charge on any atom is 0.143 e. The van der Waals surface area contributed by atoms with E-state index in [1.807, 2.05) is 84.7 Å². The van der Waals surface area contributed by atoms with Gasteiger partial charge in [0.25, 0.3) is 0 Å². The van der Waals surface area contributed by atoms with E-state index >= 15 is 0 Å². The maximum atomic E-state index is 5.42. The van der Waals surface area contributed by atoms with Crippen LogP contribution in [0.4, 0.5) is 0 Å². The third-order valence-electron chi connectivity index (χ3n) is 3.80.